The number of benzene rings is 2. The van der Waals surface area contributed by atoms with E-state index in [2.05, 4.69) is 15.3 Å². The van der Waals surface area contributed by atoms with E-state index in [9.17, 15) is 10.2 Å². The number of aliphatic imine (C=N–C) groups is 1. The second kappa shape index (κ2) is 7.63. The zero-order valence-electron chi connectivity index (χ0n) is 20.3. The second-order valence-corrected chi connectivity index (χ2v) is 11.2. The van der Waals surface area contributed by atoms with Crippen molar-refractivity contribution in [3.63, 3.8) is 0 Å². The molecule has 8 N–H and O–H groups in total. The summed E-state index contributed by atoms with van der Waals surface area (Å²) in [4.78, 5) is 7.85. The third kappa shape index (κ3) is 3.04. The summed E-state index contributed by atoms with van der Waals surface area (Å²) in [5.74, 6) is 1.47. The minimum absolute atomic E-state index is 0.0106. The Kier molecular flexibility index (Phi) is 4.67. The van der Waals surface area contributed by atoms with Crippen LogP contribution in [0.5, 0.6) is 11.5 Å². The van der Waals surface area contributed by atoms with E-state index in [1.165, 1.54) is 18.4 Å². The van der Waals surface area contributed by atoms with Gasteiger partial charge in [0.25, 0.3) is 0 Å². The number of fused-ring (bicyclic) bond motifs is 4. The predicted octanol–water partition coefficient (Wildman–Crippen LogP) is 3.16. The monoisotopic (exact) mass is 487 g/mol. The number of aromatic amines is 1. The maximum Gasteiger partial charge on any atom is 0.191 e. The van der Waals surface area contributed by atoms with E-state index in [4.69, 9.17) is 16.2 Å². The lowest BCUT2D eigenvalue weighted by Gasteiger charge is -2.50. The van der Waals surface area contributed by atoms with Gasteiger partial charge < -0.3 is 36.7 Å². The van der Waals surface area contributed by atoms with Crippen LogP contribution in [0.25, 0.3) is 10.9 Å². The Morgan fingerprint density at radius 1 is 1.22 bits per heavy atom. The summed E-state index contributed by atoms with van der Waals surface area (Å²) in [6, 6.07) is 9.59. The number of phenolic OH excluding ortho intramolecular Hbond substituents is 1. The van der Waals surface area contributed by atoms with Crippen molar-refractivity contribution in [2.75, 3.05) is 13.1 Å². The molecule has 1 aromatic heterocycles. The summed E-state index contributed by atoms with van der Waals surface area (Å²) < 4.78 is 6.66. The third-order valence-corrected chi connectivity index (χ3v) is 8.96. The molecule has 0 amide bonds. The fourth-order valence-electron chi connectivity index (χ4n) is 7.19. The average molecular weight is 488 g/mol. The van der Waals surface area contributed by atoms with Crippen molar-refractivity contribution < 1.29 is 14.9 Å². The molecule has 3 unspecified atom stereocenters. The molecule has 36 heavy (non-hydrogen) atoms. The fourth-order valence-corrected chi connectivity index (χ4v) is 7.19. The topological polar surface area (TPSA) is 142 Å². The van der Waals surface area contributed by atoms with Crippen LogP contribution in [0.15, 0.2) is 35.3 Å². The lowest BCUT2D eigenvalue weighted by Crippen LogP contribution is -2.59. The van der Waals surface area contributed by atoms with Gasteiger partial charge in [0.2, 0.25) is 0 Å². The zero-order valence-corrected chi connectivity index (χ0v) is 20.3. The number of aryl methyl sites for hydroxylation is 1. The highest BCUT2D eigenvalue weighted by atomic mass is 16.5. The largest absolute Gasteiger partial charge is 0.504 e. The van der Waals surface area contributed by atoms with Crippen LogP contribution in [0.3, 0.4) is 0 Å². The van der Waals surface area contributed by atoms with E-state index in [-0.39, 0.29) is 11.7 Å². The molecule has 3 aromatic rings. The van der Waals surface area contributed by atoms with Crippen molar-refractivity contribution in [3.8, 4) is 11.5 Å². The maximum atomic E-state index is 12.7. The van der Waals surface area contributed by atoms with Gasteiger partial charge in [0.1, 0.15) is 0 Å². The van der Waals surface area contributed by atoms with Gasteiger partial charge in [-0.15, -0.1) is 0 Å². The van der Waals surface area contributed by atoms with Gasteiger partial charge in [-0.2, -0.15) is 0 Å². The first-order valence-corrected chi connectivity index (χ1v) is 13.1. The molecular formula is C28H33N5O3. The lowest BCUT2D eigenvalue weighted by atomic mass is 9.56. The van der Waals surface area contributed by atoms with Gasteiger partial charge in [-0.1, -0.05) is 6.07 Å². The molecule has 188 valence electrons. The number of H-pyrrole nitrogens is 1. The summed E-state index contributed by atoms with van der Waals surface area (Å²) >= 11 is 0. The number of aromatic hydroxyl groups is 1. The molecule has 3 atom stereocenters. The lowest BCUT2D eigenvalue weighted by molar-refractivity contribution is -0.0937. The number of nitrogens with one attached hydrogen (secondary N) is 2. The Labute approximate surface area is 209 Å². The molecule has 8 nitrogen and oxygen atoms in total. The summed E-state index contributed by atoms with van der Waals surface area (Å²) in [5.41, 5.74) is 15.4. The SMILES string of the molecule is NC(N)=Nc1ccc2[nH]c3c(c2c1)CC1(O)CCCc2ccc(O)c4c2C1(CCNCC1CC1)C3O4. The van der Waals surface area contributed by atoms with Gasteiger partial charge >= 0.3 is 0 Å². The van der Waals surface area contributed by atoms with E-state index in [0.717, 1.165) is 66.0 Å². The molecule has 0 saturated heterocycles. The van der Waals surface area contributed by atoms with Crippen molar-refractivity contribution in [3.05, 3.63) is 52.7 Å². The van der Waals surface area contributed by atoms with Crippen LogP contribution < -0.4 is 21.5 Å². The quantitative estimate of drug-likeness (QED) is 0.179. The van der Waals surface area contributed by atoms with Crippen LogP contribution in [-0.4, -0.2) is 39.8 Å². The number of phenols is 1. The Bertz CT molecular complexity index is 1410. The van der Waals surface area contributed by atoms with Gasteiger partial charge in [0, 0.05) is 22.9 Å². The number of aromatic nitrogens is 1. The average Bonchev–Trinajstić information content (AvgIpc) is 3.52. The van der Waals surface area contributed by atoms with Crippen molar-refractivity contribution in [2.45, 2.75) is 62.1 Å². The first-order valence-electron chi connectivity index (χ1n) is 13.1. The van der Waals surface area contributed by atoms with E-state index < -0.39 is 17.1 Å². The predicted molar refractivity (Wildman–Crippen MR) is 139 cm³/mol. The summed E-state index contributed by atoms with van der Waals surface area (Å²) in [6.45, 7) is 1.81. The van der Waals surface area contributed by atoms with E-state index >= 15 is 0 Å². The van der Waals surface area contributed by atoms with Gasteiger partial charge in [-0.3, -0.25) is 0 Å². The van der Waals surface area contributed by atoms with Crippen LogP contribution in [0.1, 0.15) is 60.6 Å². The van der Waals surface area contributed by atoms with Crippen LogP contribution in [0.4, 0.5) is 5.69 Å². The van der Waals surface area contributed by atoms with Crippen molar-refractivity contribution in [2.24, 2.45) is 22.4 Å². The van der Waals surface area contributed by atoms with Gasteiger partial charge in [0.15, 0.2) is 23.6 Å². The molecule has 4 aliphatic rings. The minimum atomic E-state index is -1.02. The molecule has 1 fully saturated rings. The third-order valence-electron chi connectivity index (χ3n) is 8.96. The standard InChI is InChI=1S/C28H33N5O3/c29-26(30)32-17-6-7-20-18(12-17)19-13-27(35)9-1-2-16-5-8-21(34)24-22(16)28(27,25(36-24)23(19)33-20)10-11-31-14-15-3-4-15/h5-8,12,15,25,31,33-35H,1-4,9-11,13-14H2,(H4,29,30,32). The number of ether oxygens (including phenoxy) is 1. The molecule has 1 aliphatic heterocycles. The fraction of sp³-hybridized carbons (Fsp3) is 0.464. The van der Waals surface area contributed by atoms with Crippen molar-refractivity contribution in [1.29, 1.82) is 0 Å². The van der Waals surface area contributed by atoms with E-state index in [1.54, 1.807) is 6.07 Å². The summed E-state index contributed by atoms with van der Waals surface area (Å²) in [7, 11) is 0. The number of rotatable bonds is 6. The van der Waals surface area contributed by atoms with Crippen LogP contribution in [0.2, 0.25) is 0 Å². The number of nitrogens with two attached hydrogens (primary N) is 2. The van der Waals surface area contributed by atoms with Crippen LogP contribution in [-0.2, 0) is 18.3 Å². The smallest absolute Gasteiger partial charge is 0.191 e. The number of hydrogen-bond donors (Lipinski definition) is 6. The summed E-state index contributed by atoms with van der Waals surface area (Å²) in [6.07, 6.45) is 5.83. The van der Waals surface area contributed by atoms with E-state index in [0.29, 0.717) is 24.3 Å². The van der Waals surface area contributed by atoms with Gasteiger partial charge in [-0.25, -0.2) is 4.99 Å². The van der Waals surface area contributed by atoms with Crippen LogP contribution >= 0.6 is 0 Å². The molecule has 0 radical (unpaired) electrons. The second-order valence-electron chi connectivity index (χ2n) is 11.2. The highest BCUT2D eigenvalue weighted by molar-refractivity contribution is 5.90. The molecular weight excluding hydrogens is 454 g/mol. The molecule has 0 bridgehead atoms. The van der Waals surface area contributed by atoms with Crippen LogP contribution in [0, 0.1) is 5.92 Å². The normalized spacial score (nSPS) is 27.8. The summed E-state index contributed by atoms with van der Waals surface area (Å²) in [5, 5.41) is 28.2. The minimum Gasteiger partial charge on any atom is -0.504 e. The number of nitrogens with zero attached hydrogens (tertiary/aromatic N) is 1. The highest BCUT2D eigenvalue weighted by Crippen LogP contribution is 2.66. The zero-order chi connectivity index (χ0) is 24.7. The van der Waals surface area contributed by atoms with Crippen molar-refractivity contribution >= 4 is 22.5 Å². The Hall–Kier alpha value is -3.23. The molecule has 2 heterocycles. The number of hydrogen-bond acceptors (Lipinski definition) is 5. The molecule has 8 heteroatoms. The first-order chi connectivity index (χ1) is 17.4. The van der Waals surface area contributed by atoms with Crippen molar-refractivity contribution in [1.82, 2.24) is 10.3 Å². The molecule has 2 aromatic carbocycles. The Morgan fingerprint density at radius 2 is 2.08 bits per heavy atom. The Balaban J connectivity index is 1.41. The molecule has 7 rings (SSSR count). The molecule has 0 spiro atoms. The Morgan fingerprint density at radius 3 is 2.89 bits per heavy atom. The molecule has 1 saturated carbocycles. The first kappa shape index (κ1) is 22.0. The number of aliphatic hydroxyl groups is 1. The number of guanidine groups is 1. The maximum absolute atomic E-state index is 12.7. The van der Waals surface area contributed by atoms with Gasteiger partial charge in [0.05, 0.1) is 22.4 Å². The highest BCUT2D eigenvalue weighted by Gasteiger charge is 2.66. The molecule has 3 aliphatic carbocycles. The van der Waals surface area contributed by atoms with E-state index in [1.807, 2.05) is 24.3 Å². The van der Waals surface area contributed by atoms with Gasteiger partial charge in [-0.05, 0) is 92.9 Å².